The molecule has 1 saturated heterocycles. The van der Waals surface area contributed by atoms with Gasteiger partial charge >= 0.3 is 12.0 Å². The number of piperidine rings is 1. The van der Waals surface area contributed by atoms with Crippen LogP contribution in [0.25, 0.3) is 11.1 Å². The molecule has 9 heteroatoms. The lowest BCUT2D eigenvalue weighted by Gasteiger charge is -2.33. The second kappa shape index (κ2) is 10.8. The van der Waals surface area contributed by atoms with Crippen LogP contribution in [0, 0.1) is 0 Å². The molecule has 1 atom stereocenters. The zero-order valence-electron chi connectivity index (χ0n) is 18.6. The van der Waals surface area contributed by atoms with Crippen molar-refractivity contribution in [2.45, 2.75) is 25.3 Å². The van der Waals surface area contributed by atoms with E-state index in [1.165, 1.54) is 4.90 Å². The molecule has 3 aromatic rings. The fourth-order valence-electron chi connectivity index (χ4n) is 4.02. The number of likely N-dealkylation sites (tertiary alicyclic amines) is 1. The highest BCUT2D eigenvalue weighted by Gasteiger charge is 2.32. The maximum absolute atomic E-state index is 12.9. The normalized spacial score (nSPS) is 15.4. The van der Waals surface area contributed by atoms with E-state index >= 15 is 0 Å². The van der Waals surface area contributed by atoms with Gasteiger partial charge in [0.1, 0.15) is 6.04 Å². The van der Waals surface area contributed by atoms with Crippen LogP contribution in [0.1, 0.15) is 29.6 Å². The Balaban J connectivity index is 1.39. The van der Waals surface area contributed by atoms with Gasteiger partial charge in [-0.05, 0) is 72.9 Å². The standard InChI is InChI=1S/C26H23Cl2N3O4/c27-21-13-12-20(15-22(21)28)30-26(35)29-19-10-8-17(9-11-19)16-4-6-18(7-5-16)24(32)31-14-2-1-3-23(31)25(33)34/h4-13,15,23H,1-3,14H2,(H,33,34)(H2,29,30,35)/t23-/m0/s1. The Bertz CT molecular complexity index is 1250. The van der Waals surface area contributed by atoms with Gasteiger partial charge in [0.2, 0.25) is 0 Å². The van der Waals surface area contributed by atoms with Gasteiger partial charge in [0, 0.05) is 23.5 Å². The third-order valence-electron chi connectivity index (χ3n) is 5.83. The smallest absolute Gasteiger partial charge is 0.326 e. The third-order valence-corrected chi connectivity index (χ3v) is 6.57. The van der Waals surface area contributed by atoms with Crippen LogP contribution in [0.5, 0.6) is 0 Å². The second-order valence-corrected chi connectivity index (χ2v) is 9.03. The van der Waals surface area contributed by atoms with Gasteiger partial charge in [-0.2, -0.15) is 0 Å². The summed E-state index contributed by atoms with van der Waals surface area (Å²) in [6, 6.07) is 18.0. The lowest BCUT2D eigenvalue weighted by Crippen LogP contribution is -2.47. The lowest BCUT2D eigenvalue weighted by atomic mass is 9.99. The number of nitrogens with zero attached hydrogens (tertiary/aromatic N) is 1. The quantitative estimate of drug-likeness (QED) is 0.369. The molecule has 0 aliphatic carbocycles. The molecule has 35 heavy (non-hydrogen) atoms. The fraction of sp³-hybridized carbons (Fsp3) is 0.192. The summed E-state index contributed by atoms with van der Waals surface area (Å²) in [4.78, 5) is 38.1. The molecule has 0 unspecified atom stereocenters. The molecule has 1 fully saturated rings. The fourth-order valence-corrected chi connectivity index (χ4v) is 4.31. The number of carboxylic acids is 1. The van der Waals surface area contributed by atoms with Crippen molar-refractivity contribution in [2.75, 3.05) is 17.2 Å². The van der Waals surface area contributed by atoms with Gasteiger partial charge in [-0.15, -0.1) is 0 Å². The average Bonchev–Trinajstić information content (AvgIpc) is 2.86. The van der Waals surface area contributed by atoms with E-state index in [0.717, 1.165) is 24.0 Å². The van der Waals surface area contributed by atoms with E-state index in [1.54, 1.807) is 42.5 Å². The molecule has 1 aliphatic rings. The van der Waals surface area contributed by atoms with Crippen LogP contribution in [-0.2, 0) is 4.79 Å². The number of benzene rings is 3. The first-order valence-electron chi connectivity index (χ1n) is 11.1. The van der Waals surface area contributed by atoms with Gasteiger partial charge < -0.3 is 20.6 Å². The lowest BCUT2D eigenvalue weighted by molar-refractivity contribution is -0.143. The average molecular weight is 512 g/mol. The van der Waals surface area contributed by atoms with Crippen molar-refractivity contribution in [1.29, 1.82) is 0 Å². The first kappa shape index (κ1) is 24.6. The second-order valence-electron chi connectivity index (χ2n) is 8.21. The van der Waals surface area contributed by atoms with Crippen molar-refractivity contribution >= 4 is 52.5 Å². The Labute approximate surface area is 212 Å². The first-order valence-corrected chi connectivity index (χ1v) is 11.8. The van der Waals surface area contributed by atoms with Crippen molar-refractivity contribution in [1.82, 2.24) is 4.90 Å². The molecule has 0 saturated carbocycles. The summed E-state index contributed by atoms with van der Waals surface area (Å²) in [7, 11) is 0. The highest BCUT2D eigenvalue weighted by atomic mass is 35.5. The van der Waals surface area contributed by atoms with Gasteiger partial charge in [-0.3, -0.25) is 4.79 Å². The SMILES string of the molecule is O=C(Nc1ccc(-c2ccc(C(=O)N3CCCC[C@H]3C(=O)O)cc2)cc1)Nc1ccc(Cl)c(Cl)c1. The molecule has 7 nitrogen and oxygen atoms in total. The van der Waals surface area contributed by atoms with Crippen LogP contribution in [0.2, 0.25) is 10.0 Å². The zero-order chi connectivity index (χ0) is 24.9. The number of nitrogens with one attached hydrogen (secondary N) is 2. The monoisotopic (exact) mass is 511 g/mol. The van der Waals surface area contributed by atoms with Crippen LogP contribution in [0.3, 0.4) is 0 Å². The summed E-state index contributed by atoms with van der Waals surface area (Å²) in [5, 5.41) is 15.6. The number of anilines is 2. The largest absolute Gasteiger partial charge is 0.480 e. The third kappa shape index (κ3) is 5.93. The highest BCUT2D eigenvalue weighted by Crippen LogP contribution is 2.26. The summed E-state index contributed by atoms with van der Waals surface area (Å²) < 4.78 is 0. The summed E-state index contributed by atoms with van der Waals surface area (Å²) in [5.74, 6) is -1.23. The van der Waals surface area contributed by atoms with Crippen LogP contribution in [-0.4, -0.2) is 40.5 Å². The Hall–Kier alpha value is -3.55. The molecule has 180 valence electrons. The van der Waals surface area contributed by atoms with Crippen LogP contribution >= 0.6 is 23.2 Å². The van der Waals surface area contributed by atoms with Crippen molar-refractivity contribution in [3.05, 3.63) is 82.3 Å². The number of rotatable bonds is 5. The van der Waals surface area contributed by atoms with Gasteiger partial charge in [0.05, 0.1) is 10.0 Å². The number of carbonyl (C=O) groups is 3. The molecule has 3 N–H and O–H groups in total. The summed E-state index contributed by atoms with van der Waals surface area (Å²) >= 11 is 11.9. The first-order chi connectivity index (χ1) is 16.8. The number of hydrogen-bond acceptors (Lipinski definition) is 3. The molecule has 3 amide bonds. The van der Waals surface area contributed by atoms with Crippen molar-refractivity contribution in [2.24, 2.45) is 0 Å². The predicted molar refractivity (Wildman–Crippen MR) is 137 cm³/mol. The van der Waals surface area contributed by atoms with E-state index in [0.29, 0.717) is 39.9 Å². The Morgan fingerprint density at radius 2 is 1.40 bits per heavy atom. The molecule has 3 aromatic carbocycles. The summed E-state index contributed by atoms with van der Waals surface area (Å²) in [5.41, 5.74) is 3.37. The molecule has 1 aliphatic heterocycles. The van der Waals surface area contributed by atoms with Crippen LogP contribution < -0.4 is 10.6 Å². The van der Waals surface area contributed by atoms with Crippen molar-refractivity contribution in [3.63, 3.8) is 0 Å². The Kier molecular flexibility index (Phi) is 7.58. The number of halogens is 2. The zero-order valence-corrected chi connectivity index (χ0v) is 20.1. The van der Waals surface area contributed by atoms with E-state index in [9.17, 15) is 19.5 Å². The predicted octanol–water partition coefficient (Wildman–Crippen LogP) is 6.38. The maximum atomic E-state index is 12.9. The van der Waals surface area contributed by atoms with E-state index in [1.807, 2.05) is 24.3 Å². The minimum Gasteiger partial charge on any atom is -0.480 e. The Morgan fingerprint density at radius 3 is 2.03 bits per heavy atom. The highest BCUT2D eigenvalue weighted by molar-refractivity contribution is 6.42. The number of aliphatic carboxylic acids is 1. The molecule has 1 heterocycles. The van der Waals surface area contributed by atoms with Crippen molar-refractivity contribution in [3.8, 4) is 11.1 Å². The number of carboxylic acid groups (broad SMARTS) is 1. The Morgan fingerprint density at radius 1 is 0.800 bits per heavy atom. The number of hydrogen-bond donors (Lipinski definition) is 3. The van der Waals surface area contributed by atoms with Crippen LogP contribution in [0.4, 0.5) is 16.2 Å². The summed E-state index contributed by atoms with van der Waals surface area (Å²) in [6.07, 6.45) is 2.09. The topological polar surface area (TPSA) is 98.7 Å². The number of carbonyl (C=O) groups excluding carboxylic acids is 2. The minimum absolute atomic E-state index is 0.267. The molecule has 4 rings (SSSR count). The van der Waals surface area contributed by atoms with Crippen molar-refractivity contribution < 1.29 is 19.5 Å². The van der Waals surface area contributed by atoms with E-state index in [2.05, 4.69) is 10.6 Å². The van der Waals surface area contributed by atoms with E-state index in [-0.39, 0.29) is 5.91 Å². The number of amides is 3. The van der Waals surface area contributed by atoms with Crippen LogP contribution in [0.15, 0.2) is 66.7 Å². The van der Waals surface area contributed by atoms with E-state index < -0.39 is 18.0 Å². The van der Waals surface area contributed by atoms with E-state index in [4.69, 9.17) is 23.2 Å². The minimum atomic E-state index is -0.964. The van der Waals surface area contributed by atoms with Gasteiger partial charge in [0.25, 0.3) is 5.91 Å². The molecular weight excluding hydrogens is 489 g/mol. The van der Waals surface area contributed by atoms with Gasteiger partial charge in [-0.25, -0.2) is 9.59 Å². The molecular formula is C26H23Cl2N3O4. The molecule has 0 spiro atoms. The van der Waals surface area contributed by atoms with Gasteiger partial charge in [0.15, 0.2) is 0 Å². The molecule has 0 bridgehead atoms. The molecule has 0 radical (unpaired) electrons. The number of urea groups is 1. The maximum Gasteiger partial charge on any atom is 0.326 e. The van der Waals surface area contributed by atoms with Gasteiger partial charge in [-0.1, -0.05) is 47.5 Å². The summed E-state index contributed by atoms with van der Waals surface area (Å²) in [6.45, 7) is 0.449. The molecule has 0 aromatic heterocycles.